The van der Waals surface area contributed by atoms with Crippen LogP contribution in [0, 0.1) is 0 Å². The van der Waals surface area contributed by atoms with Crippen LogP contribution in [0.3, 0.4) is 0 Å². The highest BCUT2D eigenvalue weighted by molar-refractivity contribution is 5.41. The zero-order valence-corrected chi connectivity index (χ0v) is 8.87. The lowest BCUT2D eigenvalue weighted by Gasteiger charge is -2.07. The van der Waals surface area contributed by atoms with E-state index in [0.29, 0.717) is 0 Å². The summed E-state index contributed by atoms with van der Waals surface area (Å²) in [6.07, 6.45) is 14.3. The molecule has 0 fully saturated rings. The molecule has 0 aromatic heterocycles. The molecule has 2 N–H and O–H groups in total. The van der Waals surface area contributed by atoms with E-state index in [9.17, 15) is 0 Å². The van der Waals surface area contributed by atoms with Gasteiger partial charge in [-0.1, -0.05) is 49.6 Å². The average Bonchev–Trinajstić information content (AvgIpc) is 2.30. The van der Waals surface area contributed by atoms with Gasteiger partial charge in [-0.2, -0.15) is 0 Å². The van der Waals surface area contributed by atoms with Crippen LogP contribution in [0.2, 0.25) is 0 Å². The molecule has 0 aromatic carbocycles. The fraction of sp³-hybridized carbons (Fsp3) is 0.231. The molecule has 1 aliphatic carbocycles. The van der Waals surface area contributed by atoms with E-state index in [1.807, 2.05) is 12.2 Å². The summed E-state index contributed by atoms with van der Waals surface area (Å²) in [5.41, 5.74) is 6.93. The molecule has 76 valence electrons. The van der Waals surface area contributed by atoms with Crippen molar-refractivity contribution < 1.29 is 0 Å². The zero-order chi connectivity index (χ0) is 10.8. The van der Waals surface area contributed by atoms with E-state index in [-0.39, 0.29) is 0 Å². The van der Waals surface area contributed by atoms with Gasteiger partial charge in [0.1, 0.15) is 0 Å². The van der Waals surface area contributed by atoms with Gasteiger partial charge in [-0.05, 0) is 31.0 Å². The largest absolute Gasteiger partial charge is 0.333 e. The van der Waals surface area contributed by atoms with Crippen molar-refractivity contribution in [3.05, 3.63) is 60.8 Å². The fourth-order valence-corrected chi connectivity index (χ4v) is 1.16. The molecule has 0 spiro atoms. The Morgan fingerprint density at radius 1 is 1.50 bits per heavy atom. The van der Waals surface area contributed by atoms with Crippen molar-refractivity contribution in [2.75, 3.05) is 7.05 Å². The van der Waals surface area contributed by atoms with Gasteiger partial charge >= 0.3 is 0 Å². The minimum atomic E-state index is 1.10. The van der Waals surface area contributed by atoms with E-state index in [4.69, 9.17) is 0 Å². The Morgan fingerprint density at radius 3 is 2.71 bits per heavy atom. The summed E-state index contributed by atoms with van der Waals surface area (Å²) in [6, 6.07) is 0. The Hall–Kier alpha value is -1.34. The monoisotopic (exact) mass is 189 g/mol. The molecule has 0 radical (unpaired) electrons. The van der Waals surface area contributed by atoms with Crippen LogP contribution in [-0.4, -0.2) is 7.05 Å². The van der Waals surface area contributed by atoms with E-state index in [1.165, 1.54) is 12.6 Å². The Bertz CT molecular complexity index is 267. The molecule has 0 amide bonds. The lowest BCUT2D eigenvalue weighted by molar-refractivity contribution is 0.979. The Balaban J connectivity index is 0.000000791. The molecule has 1 nitrogen and oxygen atoms in total. The second-order valence-electron chi connectivity index (χ2n) is 2.78. The summed E-state index contributed by atoms with van der Waals surface area (Å²) in [5, 5.41) is 0. The Morgan fingerprint density at radius 2 is 2.21 bits per heavy atom. The molecule has 0 aromatic rings. The molecular weight excluding hydrogens is 170 g/mol. The summed E-state index contributed by atoms with van der Waals surface area (Å²) in [5.74, 6) is 0. The van der Waals surface area contributed by atoms with E-state index in [2.05, 4.69) is 37.1 Å². The van der Waals surface area contributed by atoms with Crippen LogP contribution in [0.25, 0.3) is 0 Å². The lowest BCUT2D eigenvalue weighted by atomic mass is 9.98. The summed E-state index contributed by atoms with van der Waals surface area (Å²) in [6.45, 7) is 7.60. The second kappa shape index (κ2) is 8.27. The molecule has 0 unspecified atom stereocenters. The summed E-state index contributed by atoms with van der Waals surface area (Å²) < 4.78 is 0. The zero-order valence-electron chi connectivity index (χ0n) is 8.87. The van der Waals surface area contributed by atoms with Crippen LogP contribution in [0.15, 0.2) is 60.8 Å². The SMILES string of the molecule is C=C/C=C\C(=C)C1=CC=CCC1.CN. The highest BCUT2D eigenvalue weighted by Crippen LogP contribution is 2.19. The van der Waals surface area contributed by atoms with Gasteiger partial charge in [-0.25, -0.2) is 0 Å². The second-order valence-corrected chi connectivity index (χ2v) is 2.78. The first-order valence-electron chi connectivity index (χ1n) is 4.76. The fourth-order valence-electron chi connectivity index (χ4n) is 1.16. The number of hydrogen-bond donors (Lipinski definition) is 1. The van der Waals surface area contributed by atoms with Gasteiger partial charge in [0.05, 0.1) is 0 Å². The predicted molar refractivity (Wildman–Crippen MR) is 65.0 cm³/mol. The smallest absolute Gasteiger partial charge is 0.0195 e. The van der Waals surface area contributed by atoms with Gasteiger partial charge in [0, 0.05) is 0 Å². The third-order valence-corrected chi connectivity index (χ3v) is 1.86. The molecule has 0 atom stereocenters. The summed E-state index contributed by atoms with van der Waals surface area (Å²) >= 11 is 0. The quantitative estimate of drug-likeness (QED) is 0.678. The van der Waals surface area contributed by atoms with Crippen LogP contribution in [0.5, 0.6) is 0 Å². The average molecular weight is 189 g/mol. The highest BCUT2D eigenvalue weighted by Gasteiger charge is 1.99. The molecule has 1 aliphatic rings. The highest BCUT2D eigenvalue weighted by atomic mass is 14.4. The third-order valence-electron chi connectivity index (χ3n) is 1.86. The van der Waals surface area contributed by atoms with Crippen molar-refractivity contribution in [1.29, 1.82) is 0 Å². The molecule has 1 heteroatoms. The molecule has 14 heavy (non-hydrogen) atoms. The van der Waals surface area contributed by atoms with Crippen LogP contribution in [0.4, 0.5) is 0 Å². The standard InChI is InChI=1S/C12H14.CH5N/c1-3-4-8-11(2)12-9-6-5-7-10-12;1-2/h3-6,8-9H,1-2,7,10H2;2H2,1H3/b8-4-;. The van der Waals surface area contributed by atoms with Crippen LogP contribution in [-0.2, 0) is 0 Å². The molecule has 0 aliphatic heterocycles. The van der Waals surface area contributed by atoms with Crippen LogP contribution >= 0.6 is 0 Å². The molecular formula is C13H19N. The van der Waals surface area contributed by atoms with E-state index < -0.39 is 0 Å². The van der Waals surface area contributed by atoms with Gasteiger partial charge in [0.25, 0.3) is 0 Å². The Kier molecular flexibility index (Phi) is 7.48. The van der Waals surface area contributed by atoms with Crippen molar-refractivity contribution in [3.63, 3.8) is 0 Å². The van der Waals surface area contributed by atoms with Gasteiger partial charge < -0.3 is 5.73 Å². The van der Waals surface area contributed by atoms with E-state index >= 15 is 0 Å². The predicted octanol–water partition coefficient (Wildman–Crippen LogP) is 3.14. The van der Waals surface area contributed by atoms with Crippen molar-refractivity contribution in [3.8, 4) is 0 Å². The first kappa shape index (κ1) is 12.7. The topological polar surface area (TPSA) is 26.0 Å². The van der Waals surface area contributed by atoms with Gasteiger partial charge in [0.2, 0.25) is 0 Å². The van der Waals surface area contributed by atoms with Crippen molar-refractivity contribution in [2.45, 2.75) is 12.8 Å². The molecule has 0 heterocycles. The van der Waals surface area contributed by atoms with Crippen molar-refractivity contribution in [2.24, 2.45) is 5.73 Å². The molecule has 1 rings (SSSR count). The van der Waals surface area contributed by atoms with Crippen molar-refractivity contribution >= 4 is 0 Å². The van der Waals surface area contributed by atoms with Crippen LogP contribution in [0.1, 0.15) is 12.8 Å². The number of rotatable bonds is 3. The molecule has 0 saturated heterocycles. The van der Waals surface area contributed by atoms with Gasteiger partial charge in [0.15, 0.2) is 0 Å². The minimum Gasteiger partial charge on any atom is -0.333 e. The van der Waals surface area contributed by atoms with Crippen molar-refractivity contribution in [1.82, 2.24) is 0 Å². The molecule has 0 bridgehead atoms. The van der Waals surface area contributed by atoms with Crippen LogP contribution < -0.4 is 5.73 Å². The maximum absolute atomic E-state index is 4.50. The summed E-state index contributed by atoms with van der Waals surface area (Å²) in [4.78, 5) is 0. The first-order chi connectivity index (χ1) is 6.84. The van der Waals surface area contributed by atoms with Gasteiger partial charge in [-0.3, -0.25) is 0 Å². The Labute approximate surface area is 87.0 Å². The van der Waals surface area contributed by atoms with Gasteiger partial charge in [-0.15, -0.1) is 0 Å². The van der Waals surface area contributed by atoms with E-state index in [1.54, 1.807) is 6.08 Å². The first-order valence-corrected chi connectivity index (χ1v) is 4.76. The lowest BCUT2D eigenvalue weighted by Crippen LogP contribution is -1.88. The number of hydrogen-bond acceptors (Lipinski definition) is 1. The number of nitrogens with two attached hydrogens (primary N) is 1. The molecule has 0 saturated carbocycles. The number of allylic oxidation sites excluding steroid dienone is 8. The normalized spacial score (nSPS) is 14.3. The summed E-state index contributed by atoms with van der Waals surface area (Å²) in [7, 11) is 1.50. The van der Waals surface area contributed by atoms with E-state index in [0.717, 1.165) is 18.4 Å². The maximum atomic E-state index is 4.50. The minimum absolute atomic E-state index is 1.10. The maximum Gasteiger partial charge on any atom is -0.0195 e. The third kappa shape index (κ3) is 4.63.